The molecule has 0 saturated carbocycles. The molecule has 0 heterocycles. The van der Waals surface area contributed by atoms with Gasteiger partial charge < -0.3 is 22.1 Å². The van der Waals surface area contributed by atoms with Crippen LogP contribution in [-0.2, 0) is 4.79 Å². The highest BCUT2D eigenvalue weighted by Gasteiger charge is 2.19. The van der Waals surface area contributed by atoms with Gasteiger partial charge in [0.15, 0.2) is 0 Å². The zero-order valence-corrected chi connectivity index (χ0v) is 12.4. The maximum Gasteiger partial charge on any atom is 0.250 e. The SMILES string of the molecule is CC(C)NC(=O)C(C)Nc1c(Cl)cc(N)cc1C(N)=O. The standard InChI is InChI=1S/C13H19ClN4O2/c1-6(2)17-13(20)7(3)18-11-9(12(16)19)4-8(15)5-10(11)14/h4-7,18H,15H2,1-3H3,(H2,16,19)(H,17,20). The molecule has 6 N–H and O–H groups in total. The molecule has 1 aromatic carbocycles. The van der Waals surface area contributed by atoms with Crippen molar-refractivity contribution in [2.75, 3.05) is 11.1 Å². The van der Waals surface area contributed by atoms with E-state index < -0.39 is 11.9 Å². The lowest BCUT2D eigenvalue weighted by atomic mass is 10.1. The summed E-state index contributed by atoms with van der Waals surface area (Å²) in [5.41, 5.74) is 11.7. The van der Waals surface area contributed by atoms with Crippen molar-refractivity contribution in [1.29, 1.82) is 0 Å². The molecule has 0 aliphatic rings. The molecular weight excluding hydrogens is 280 g/mol. The quantitative estimate of drug-likeness (QED) is 0.615. The molecule has 20 heavy (non-hydrogen) atoms. The summed E-state index contributed by atoms with van der Waals surface area (Å²) >= 11 is 6.05. The maximum absolute atomic E-state index is 11.9. The van der Waals surface area contributed by atoms with Crippen LogP contribution in [0.3, 0.4) is 0 Å². The summed E-state index contributed by atoms with van der Waals surface area (Å²) in [4.78, 5) is 23.3. The topological polar surface area (TPSA) is 110 Å². The van der Waals surface area contributed by atoms with Crippen molar-refractivity contribution in [2.24, 2.45) is 5.73 Å². The van der Waals surface area contributed by atoms with Crippen molar-refractivity contribution in [3.63, 3.8) is 0 Å². The Morgan fingerprint density at radius 2 is 1.85 bits per heavy atom. The van der Waals surface area contributed by atoms with Gasteiger partial charge in [-0.1, -0.05) is 11.6 Å². The molecule has 1 rings (SSSR count). The number of carbonyl (C=O) groups excluding carboxylic acids is 2. The van der Waals surface area contributed by atoms with Crippen molar-refractivity contribution >= 4 is 34.8 Å². The predicted molar refractivity (Wildman–Crippen MR) is 80.7 cm³/mol. The van der Waals surface area contributed by atoms with Crippen molar-refractivity contribution in [3.8, 4) is 0 Å². The molecule has 0 saturated heterocycles. The van der Waals surface area contributed by atoms with Crippen LogP contribution in [0.25, 0.3) is 0 Å². The lowest BCUT2D eigenvalue weighted by Gasteiger charge is -2.19. The van der Waals surface area contributed by atoms with Gasteiger partial charge in [-0.2, -0.15) is 0 Å². The molecule has 6 nitrogen and oxygen atoms in total. The first-order chi connectivity index (χ1) is 9.22. The molecule has 110 valence electrons. The van der Waals surface area contributed by atoms with Gasteiger partial charge in [0, 0.05) is 11.7 Å². The Hall–Kier alpha value is -1.95. The minimum absolute atomic E-state index is 0.0178. The Bertz CT molecular complexity index is 531. The zero-order chi connectivity index (χ0) is 15.4. The first-order valence-corrected chi connectivity index (χ1v) is 6.56. The first kappa shape index (κ1) is 16.1. The van der Waals surface area contributed by atoms with E-state index in [-0.39, 0.29) is 22.5 Å². The van der Waals surface area contributed by atoms with Crippen LogP contribution in [0.15, 0.2) is 12.1 Å². The number of amides is 2. The van der Waals surface area contributed by atoms with Gasteiger partial charge in [-0.05, 0) is 32.9 Å². The highest BCUT2D eigenvalue weighted by atomic mass is 35.5. The number of nitrogens with one attached hydrogen (secondary N) is 2. The molecule has 0 aliphatic carbocycles. The summed E-state index contributed by atoms with van der Waals surface area (Å²) in [7, 11) is 0. The van der Waals surface area contributed by atoms with Crippen LogP contribution in [0.2, 0.25) is 5.02 Å². The number of benzene rings is 1. The third-order valence-corrected chi connectivity index (χ3v) is 2.86. The van der Waals surface area contributed by atoms with E-state index in [1.807, 2.05) is 13.8 Å². The van der Waals surface area contributed by atoms with Crippen LogP contribution < -0.4 is 22.1 Å². The molecule has 0 spiro atoms. The summed E-state index contributed by atoms with van der Waals surface area (Å²) in [5.74, 6) is -0.874. The third kappa shape index (κ3) is 4.03. The molecule has 7 heteroatoms. The number of nitrogen functional groups attached to an aromatic ring is 1. The monoisotopic (exact) mass is 298 g/mol. The van der Waals surface area contributed by atoms with Crippen molar-refractivity contribution in [2.45, 2.75) is 32.9 Å². The second-order valence-electron chi connectivity index (χ2n) is 4.82. The highest BCUT2D eigenvalue weighted by molar-refractivity contribution is 6.34. The third-order valence-electron chi connectivity index (χ3n) is 2.56. The van der Waals surface area contributed by atoms with Crippen molar-refractivity contribution in [3.05, 3.63) is 22.7 Å². The Labute approximate surface area is 122 Å². The molecule has 0 bridgehead atoms. The van der Waals surface area contributed by atoms with Crippen molar-refractivity contribution in [1.82, 2.24) is 5.32 Å². The van der Waals surface area contributed by atoms with Gasteiger partial charge in [-0.25, -0.2) is 0 Å². The van der Waals surface area contributed by atoms with Gasteiger partial charge in [0.1, 0.15) is 6.04 Å². The van der Waals surface area contributed by atoms with E-state index in [1.165, 1.54) is 12.1 Å². The zero-order valence-electron chi connectivity index (χ0n) is 11.7. The molecule has 0 aromatic heterocycles. The van der Waals surface area contributed by atoms with E-state index >= 15 is 0 Å². The molecule has 2 amide bonds. The Morgan fingerprint density at radius 1 is 1.25 bits per heavy atom. The average molecular weight is 299 g/mol. The lowest BCUT2D eigenvalue weighted by Crippen LogP contribution is -2.41. The number of primary amides is 1. The number of nitrogens with two attached hydrogens (primary N) is 2. The fraction of sp³-hybridized carbons (Fsp3) is 0.385. The summed E-state index contributed by atoms with van der Waals surface area (Å²) in [5, 5.41) is 5.89. The molecule has 1 atom stereocenters. The molecule has 0 aliphatic heterocycles. The van der Waals surface area contributed by atoms with E-state index in [4.69, 9.17) is 23.1 Å². The van der Waals surface area contributed by atoms with Gasteiger partial charge in [0.25, 0.3) is 5.91 Å². The van der Waals surface area contributed by atoms with Gasteiger partial charge in [-0.3, -0.25) is 9.59 Å². The van der Waals surface area contributed by atoms with Crippen LogP contribution in [0, 0.1) is 0 Å². The summed E-state index contributed by atoms with van der Waals surface area (Å²) in [6, 6.07) is 2.35. The Kier molecular flexibility index (Phi) is 5.21. The molecule has 1 aromatic rings. The van der Waals surface area contributed by atoms with Gasteiger partial charge >= 0.3 is 0 Å². The van der Waals surface area contributed by atoms with Crippen LogP contribution in [-0.4, -0.2) is 23.9 Å². The Morgan fingerprint density at radius 3 is 2.35 bits per heavy atom. The molecular formula is C13H19ClN4O2. The van der Waals surface area contributed by atoms with E-state index in [0.29, 0.717) is 11.4 Å². The minimum atomic E-state index is -0.668. The first-order valence-electron chi connectivity index (χ1n) is 6.18. The number of anilines is 2. The van der Waals surface area contributed by atoms with E-state index in [2.05, 4.69) is 10.6 Å². The predicted octanol–water partition coefficient (Wildman–Crippen LogP) is 1.35. The van der Waals surface area contributed by atoms with E-state index in [0.717, 1.165) is 0 Å². The number of halogens is 1. The second-order valence-corrected chi connectivity index (χ2v) is 5.23. The molecule has 0 fully saturated rings. The van der Waals surface area contributed by atoms with Crippen LogP contribution in [0.1, 0.15) is 31.1 Å². The van der Waals surface area contributed by atoms with Gasteiger partial charge in [0.2, 0.25) is 5.91 Å². The van der Waals surface area contributed by atoms with Crippen molar-refractivity contribution < 1.29 is 9.59 Å². The number of carbonyl (C=O) groups is 2. The fourth-order valence-corrected chi connectivity index (χ4v) is 1.94. The van der Waals surface area contributed by atoms with Crippen LogP contribution >= 0.6 is 11.6 Å². The number of hydrogen-bond donors (Lipinski definition) is 4. The number of hydrogen-bond acceptors (Lipinski definition) is 4. The smallest absolute Gasteiger partial charge is 0.250 e. The highest BCUT2D eigenvalue weighted by Crippen LogP contribution is 2.29. The fourth-order valence-electron chi connectivity index (χ4n) is 1.66. The molecule has 1 unspecified atom stereocenters. The summed E-state index contributed by atoms with van der Waals surface area (Å²) in [6.07, 6.45) is 0. The summed E-state index contributed by atoms with van der Waals surface area (Å²) < 4.78 is 0. The van der Waals surface area contributed by atoms with E-state index in [1.54, 1.807) is 6.92 Å². The largest absolute Gasteiger partial charge is 0.399 e. The lowest BCUT2D eigenvalue weighted by molar-refractivity contribution is -0.122. The second kappa shape index (κ2) is 6.47. The van der Waals surface area contributed by atoms with Crippen LogP contribution in [0.5, 0.6) is 0 Å². The average Bonchev–Trinajstić information content (AvgIpc) is 2.30. The number of rotatable bonds is 5. The normalized spacial score (nSPS) is 12.1. The minimum Gasteiger partial charge on any atom is -0.399 e. The van der Waals surface area contributed by atoms with Gasteiger partial charge in [0.05, 0.1) is 16.3 Å². The molecule has 0 radical (unpaired) electrons. The van der Waals surface area contributed by atoms with E-state index in [9.17, 15) is 9.59 Å². The Balaban J connectivity index is 3.02. The van der Waals surface area contributed by atoms with Gasteiger partial charge in [-0.15, -0.1) is 0 Å². The summed E-state index contributed by atoms with van der Waals surface area (Å²) in [6.45, 7) is 5.38. The maximum atomic E-state index is 11.9. The van der Waals surface area contributed by atoms with Crippen LogP contribution in [0.4, 0.5) is 11.4 Å².